The van der Waals surface area contributed by atoms with E-state index in [9.17, 15) is 4.79 Å². The number of nitrogen functional groups attached to an aromatic ring is 1. The number of amides is 1. The Labute approximate surface area is 109 Å². The summed E-state index contributed by atoms with van der Waals surface area (Å²) in [5.41, 5.74) is 8.39. The molecule has 0 aromatic heterocycles. The van der Waals surface area contributed by atoms with Gasteiger partial charge in [0.05, 0.1) is 0 Å². The minimum atomic E-state index is -0.000440. The van der Waals surface area contributed by atoms with Crippen LogP contribution < -0.4 is 11.1 Å². The van der Waals surface area contributed by atoms with Crippen LogP contribution in [0.2, 0.25) is 0 Å². The molecule has 1 aliphatic carbocycles. The van der Waals surface area contributed by atoms with Crippen molar-refractivity contribution in [2.45, 2.75) is 39.5 Å². The fourth-order valence-electron chi connectivity index (χ4n) is 2.58. The number of hydrogen-bond acceptors (Lipinski definition) is 2. The van der Waals surface area contributed by atoms with Gasteiger partial charge in [0.15, 0.2) is 0 Å². The number of benzene rings is 1. The lowest BCUT2D eigenvalue weighted by atomic mass is 9.67. The van der Waals surface area contributed by atoms with E-state index in [1.54, 1.807) is 6.07 Å². The van der Waals surface area contributed by atoms with Gasteiger partial charge < -0.3 is 11.1 Å². The molecule has 0 unspecified atom stereocenters. The molecule has 0 saturated heterocycles. The predicted octanol–water partition coefficient (Wildman–Crippen LogP) is 2.89. The van der Waals surface area contributed by atoms with E-state index >= 15 is 0 Å². The average molecular weight is 246 g/mol. The number of nitrogens with one attached hydrogen (secondary N) is 1. The Kier molecular flexibility index (Phi) is 3.60. The minimum Gasteiger partial charge on any atom is -0.399 e. The summed E-state index contributed by atoms with van der Waals surface area (Å²) in [4.78, 5) is 12.2. The fourth-order valence-corrected chi connectivity index (χ4v) is 2.58. The third-order valence-electron chi connectivity index (χ3n) is 4.29. The molecule has 98 valence electrons. The second kappa shape index (κ2) is 5.01. The SMILES string of the molecule is CCC1(CNC(=O)c2cc(N)ccc2C)CCC1. The molecule has 3 nitrogen and oxygen atoms in total. The summed E-state index contributed by atoms with van der Waals surface area (Å²) in [5.74, 6) is -0.000440. The maximum Gasteiger partial charge on any atom is 0.251 e. The van der Waals surface area contributed by atoms with E-state index in [2.05, 4.69) is 12.2 Å². The molecule has 1 saturated carbocycles. The van der Waals surface area contributed by atoms with Gasteiger partial charge in [-0.2, -0.15) is 0 Å². The molecule has 1 aliphatic rings. The zero-order valence-electron chi connectivity index (χ0n) is 11.3. The van der Waals surface area contributed by atoms with Gasteiger partial charge in [-0.15, -0.1) is 0 Å². The van der Waals surface area contributed by atoms with Gasteiger partial charge in [0.25, 0.3) is 5.91 Å². The Hall–Kier alpha value is -1.51. The van der Waals surface area contributed by atoms with E-state index < -0.39 is 0 Å². The summed E-state index contributed by atoms with van der Waals surface area (Å²) >= 11 is 0. The van der Waals surface area contributed by atoms with Gasteiger partial charge in [0, 0.05) is 17.8 Å². The molecule has 0 aliphatic heterocycles. The predicted molar refractivity (Wildman–Crippen MR) is 74.5 cm³/mol. The second-order valence-corrected chi connectivity index (χ2v) is 5.46. The third-order valence-corrected chi connectivity index (χ3v) is 4.29. The lowest BCUT2D eigenvalue weighted by Crippen LogP contribution is -2.41. The number of aryl methyl sites for hydroxylation is 1. The largest absolute Gasteiger partial charge is 0.399 e. The van der Waals surface area contributed by atoms with Crippen molar-refractivity contribution in [2.24, 2.45) is 5.41 Å². The van der Waals surface area contributed by atoms with Crippen LogP contribution in [0, 0.1) is 12.3 Å². The molecule has 0 spiro atoms. The van der Waals surface area contributed by atoms with Crippen molar-refractivity contribution < 1.29 is 4.79 Å². The maximum absolute atomic E-state index is 12.2. The molecule has 0 heterocycles. The monoisotopic (exact) mass is 246 g/mol. The first-order chi connectivity index (χ1) is 8.56. The molecule has 3 heteroatoms. The summed E-state index contributed by atoms with van der Waals surface area (Å²) in [7, 11) is 0. The van der Waals surface area contributed by atoms with Crippen LogP contribution in [0.3, 0.4) is 0 Å². The number of nitrogens with two attached hydrogens (primary N) is 1. The number of carbonyl (C=O) groups is 1. The molecule has 0 atom stereocenters. The van der Waals surface area contributed by atoms with Crippen LogP contribution in [-0.4, -0.2) is 12.5 Å². The van der Waals surface area contributed by atoms with Gasteiger partial charge in [-0.25, -0.2) is 0 Å². The van der Waals surface area contributed by atoms with Crippen LogP contribution in [0.5, 0.6) is 0 Å². The molecule has 0 bridgehead atoms. The van der Waals surface area contributed by atoms with Gasteiger partial charge in [-0.05, 0) is 49.3 Å². The number of rotatable bonds is 4. The Morgan fingerprint density at radius 1 is 1.44 bits per heavy atom. The first-order valence-corrected chi connectivity index (χ1v) is 6.71. The van der Waals surface area contributed by atoms with Crippen molar-refractivity contribution in [3.05, 3.63) is 29.3 Å². The van der Waals surface area contributed by atoms with E-state index in [0.29, 0.717) is 16.7 Å². The highest BCUT2D eigenvalue weighted by Gasteiger charge is 2.35. The van der Waals surface area contributed by atoms with Crippen molar-refractivity contribution in [2.75, 3.05) is 12.3 Å². The topological polar surface area (TPSA) is 55.1 Å². The van der Waals surface area contributed by atoms with Gasteiger partial charge in [-0.3, -0.25) is 4.79 Å². The zero-order chi connectivity index (χ0) is 13.2. The number of carbonyl (C=O) groups excluding carboxylic acids is 1. The van der Waals surface area contributed by atoms with E-state index in [-0.39, 0.29) is 5.91 Å². The van der Waals surface area contributed by atoms with E-state index in [4.69, 9.17) is 5.73 Å². The van der Waals surface area contributed by atoms with Crippen LogP contribution in [0.25, 0.3) is 0 Å². The number of anilines is 1. The molecule has 0 radical (unpaired) electrons. The smallest absolute Gasteiger partial charge is 0.251 e. The summed E-state index contributed by atoms with van der Waals surface area (Å²) in [6.07, 6.45) is 4.91. The molecule has 18 heavy (non-hydrogen) atoms. The van der Waals surface area contributed by atoms with Gasteiger partial charge in [0.2, 0.25) is 0 Å². The number of hydrogen-bond donors (Lipinski definition) is 2. The third kappa shape index (κ3) is 2.50. The van der Waals surface area contributed by atoms with Gasteiger partial charge in [0.1, 0.15) is 0 Å². The normalized spacial score (nSPS) is 17.0. The van der Waals surface area contributed by atoms with Gasteiger partial charge >= 0.3 is 0 Å². The molecular formula is C15H22N2O. The molecule has 1 amide bonds. The lowest BCUT2D eigenvalue weighted by Gasteiger charge is -2.41. The summed E-state index contributed by atoms with van der Waals surface area (Å²) in [5, 5.41) is 3.07. The standard InChI is InChI=1S/C15H22N2O/c1-3-15(7-4-8-15)10-17-14(18)13-9-12(16)6-5-11(13)2/h5-6,9H,3-4,7-8,10,16H2,1-2H3,(H,17,18). The first kappa shape index (κ1) is 12.9. The van der Waals surface area contributed by atoms with Crippen molar-refractivity contribution in [3.8, 4) is 0 Å². The van der Waals surface area contributed by atoms with Crippen molar-refractivity contribution in [1.29, 1.82) is 0 Å². The highest BCUT2D eigenvalue weighted by atomic mass is 16.1. The van der Waals surface area contributed by atoms with E-state index in [1.807, 2.05) is 19.1 Å². The van der Waals surface area contributed by atoms with E-state index in [0.717, 1.165) is 18.5 Å². The molecule has 2 rings (SSSR count). The van der Waals surface area contributed by atoms with E-state index in [1.165, 1.54) is 19.3 Å². The van der Waals surface area contributed by atoms with Crippen molar-refractivity contribution in [3.63, 3.8) is 0 Å². The average Bonchev–Trinajstić information content (AvgIpc) is 2.31. The Bertz CT molecular complexity index is 444. The van der Waals surface area contributed by atoms with Crippen molar-refractivity contribution >= 4 is 11.6 Å². The minimum absolute atomic E-state index is 0.000440. The lowest BCUT2D eigenvalue weighted by molar-refractivity contribution is 0.0849. The Balaban J connectivity index is 2.01. The molecule has 1 aromatic carbocycles. The highest BCUT2D eigenvalue weighted by Crippen LogP contribution is 2.43. The second-order valence-electron chi connectivity index (χ2n) is 5.46. The fraction of sp³-hybridized carbons (Fsp3) is 0.533. The van der Waals surface area contributed by atoms with Crippen LogP contribution in [0.1, 0.15) is 48.5 Å². The van der Waals surface area contributed by atoms with Crippen LogP contribution in [-0.2, 0) is 0 Å². The molecule has 1 aromatic rings. The van der Waals surface area contributed by atoms with Crippen LogP contribution in [0.15, 0.2) is 18.2 Å². The van der Waals surface area contributed by atoms with Crippen molar-refractivity contribution in [1.82, 2.24) is 5.32 Å². The Morgan fingerprint density at radius 2 is 2.17 bits per heavy atom. The molecule has 3 N–H and O–H groups in total. The highest BCUT2D eigenvalue weighted by molar-refractivity contribution is 5.96. The maximum atomic E-state index is 12.2. The van der Waals surface area contributed by atoms with Crippen LogP contribution in [0.4, 0.5) is 5.69 Å². The summed E-state index contributed by atoms with van der Waals surface area (Å²) < 4.78 is 0. The zero-order valence-corrected chi connectivity index (χ0v) is 11.3. The quantitative estimate of drug-likeness (QED) is 0.803. The molecular weight excluding hydrogens is 224 g/mol. The molecule has 1 fully saturated rings. The van der Waals surface area contributed by atoms with Crippen LogP contribution >= 0.6 is 0 Å². The Morgan fingerprint density at radius 3 is 2.72 bits per heavy atom. The summed E-state index contributed by atoms with van der Waals surface area (Å²) in [6, 6.07) is 5.47. The summed E-state index contributed by atoms with van der Waals surface area (Å²) in [6.45, 7) is 4.93. The first-order valence-electron chi connectivity index (χ1n) is 6.71. The van der Waals surface area contributed by atoms with Gasteiger partial charge in [-0.1, -0.05) is 19.4 Å².